The van der Waals surface area contributed by atoms with Crippen LogP contribution in [0, 0.1) is 0 Å². The number of anilines is 2. The fourth-order valence-electron chi connectivity index (χ4n) is 2.31. The number of thioether (sulfide) groups is 1. The van der Waals surface area contributed by atoms with Crippen LogP contribution in [0.25, 0.3) is 0 Å². The van der Waals surface area contributed by atoms with Crippen LogP contribution in [0.3, 0.4) is 0 Å². The van der Waals surface area contributed by atoms with Crippen LogP contribution >= 0.6 is 23.4 Å². The highest BCUT2D eigenvalue weighted by atomic mass is 35.5. The predicted molar refractivity (Wildman–Crippen MR) is 79.0 cm³/mol. The molecule has 1 aromatic rings. The predicted octanol–water partition coefficient (Wildman–Crippen LogP) is 4.01. The molecule has 1 saturated carbocycles. The van der Waals surface area contributed by atoms with E-state index in [0.29, 0.717) is 11.7 Å². The number of nitrogens with two attached hydrogens (primary N) is 1. The van der Waals surface area contributed by atoms with Crippen LogP contribution in [0.4, 0.5) is 11.4 Å². The Hall–Kier alpha value is -0.540. The van der Waals surface area contributed by atoms with E-state index in [1.165, 1.54) is 25.7 Å². The van der Waals surface area contributed by atoms with Gasteiger partial charge in [-0.15, -0.1) is 0 Å². The van der Waals surface area contributed by atoms with Crippen LogP contribution < -0.4 is 11.1 Å². The minimum absolute atomic E-state index is 0.555. The molecule has 1 fully saturated rings. The summed E-state index contributed by atoms with van der Waals surface area (Å²) in [5, 5.41) is 5.09. The van der Waals surface area contributed by atoms with Gasteiger partial charge in [-0.3, -0.25) is 0 Å². The van der Waals surface area contributed by atoms with Crippen molar-refractivity contribution in [2.45, 2.75) is 37.0 Å². The second-order valence-electron chi connectivity index (χ2n) is 4.59. The van der Waals surface area contributed by atoms with E-state index in [2.05, 4.69) is 11.6 Å². The van der Waals surface area contributed by atoms with Crippen LogP contribution in [-0.2, 0) is 0 Å². The summed E-state index contributed by atoms with van der Waals surface area (Å²) in [6, 6.07) is 6.22. The number of rotatable bonds is 3. The molecule has 0 unspecified atom stereocenters. The number of hydrogen-bond acceptors (Lipinski definition) is 3. The van der Waals surface area contributed by atoms with E-state index in [9.17, 15) is 0 Å². The molecule has 0 aromatic heterocycles. The summed E-state index contributed by atoms with van der Waals surface area (Å²) in [5.74, 6) is 0. The van der Waals surface area contributed by atoms with Gasteiger partial charge in [0.2, 0.25) is 0 Å². The Morgan fingerprint density at radius 2 is 2.00 bits per heavy atom. The SMILES string of the molecule is CSC1CCC(Nc2ccc(N)cc2Cl)CC1. The third-order valence-electron chi connectivity index (χ3n) is 3.36. The van der Waals surface area contributed by atoms with Crippen LogP contribution in [0.15, 0.2) is 18.2 Å². The van der Waals surface area contributed by atoms with Crippen molar-refractivity contribution in [3.63, 3.8) is 0 Å². The van der Waals surface area contributed by atoms with Crippen LogP contribution in [0.1, 0.15) is 25.7 Å². The molecule has 0 bridgehead atoms. The Labute approximate surface area is 112 Å². The van der Waals surface area contributed by atoms with Gasteiger partial charge in [0, 0.05) is 17.0 Å². The Bertz CT molecular complexity index is 376. The summed E-state index contributed by atoms with van der Waals surface area (Å²) in [6.07, 6.45) is 7.25. The molecule has 2 nitrogen and oxygen atoms in total. The van der Waals surface area contributed by atoms with Gasteiger partial charge in [0.15, 0.2) is 0 Å². The molecule has 1 aliphatic carbocycles. The lowest BCUT2D eigenvalue weighted by atomic mass is 9.95. The van der Waals surface area contributed by atoms with Crippen molar-refractivity contribution >= 4 is 34.7 Å². The molecule has 17 heavy (non-hydrogen) atoms. The minimum atomic E-state index is 0.555. The van der Waals surface area contributed by atoms with Gasteiger partial charge in [-0.25, -0.2) is 0 Å². The molecule has 0 saturated heterocycles. The summed E-state index contributed by atoms with van der Waals surface area (Å²) in [5.41, 5.74) is 7.40. The van der Waals surface area contributed by atoms with E-state index < -0.39 is 0 Å². The van der Waals surface area contributed by atoms with Gasteiger partial charge in [0.05, 0.1) is 10.7 Å². The summed E-state index contributed by atoms with van der Waals surface area (Å²) in [7, 11) is 0. The zero-order valence-electron chi connectivity index (χ0n) is 10.1. The van der Waals surface area contributed by atoms with Gasteiger partial charge in [-0.2, -0.15) is 11.8 Å². The molecule has 4 heteroatoms. The van der Waals surface area contributed by atoms with E-state index in [1.54, 1.807) is 6.07 Å². The lowest BCUT2D eigenvalue weighted by Crippen LogP contribution is -2.27. The van der Waals surface area contributed by atoms with Gasteiger partial charge in [-0.05, 0) is 50.1 Å². The zero-order chi connectivity index (χ0) is 12.3. The lowest BCUT2D eigenvalue weighted by Gasteiger charge is -2.29. The van der Waals surface area contributed by atoms with Crippen molar-refractivity contribution in [3.05, 3.63) is 23.2 Å². The zero-order valence-corrected chi connectivity index (χ0v) is 11.7. The first-order valence-corrected chi connectivity index (χ1v) is 7.70. The van der Waals surface area contributed by atoms with Gasteiger partial charge in [0.1, 0.15) is 0 Å². The molecule has 2 rings (SSSR count). The summed E-state index contributed by atoms with van der Waals surface area (Å²) in [6.45, 7) is 0. The van der Waals surface area contributed by atoms with Gasteiger partial charge in [0.25, 0.3) is 0 Å². The third kappa shape index (κ3) is 3.46. The Morgan fingerprint density at radius 1 is 1.29 bits per heavy atom. The van der Waals surface area contributed by atoms with E-state index in [4.69, 9.17) is 17.3 Å². The second-order valence-corrected chi connectivity index (χ2v) is 6.14. The highest BCUT2D eigenvalue weighted by Gasteiger charge is 2.20. The molecule has 1 aromatic carbocycles. The molecule has 0 radical (unpaired) electrons. The molecule has 3 N–H and O–H groups in total. The molecular weight excluding hydrogens is 252 g/mol. The van der Waals surface area contributed by atoms with E-state index in [1.807, 2.05) is 23.9 Å². The smallest absolute Gasteiger partial charge is 0.0658 e. The first-order chi connectivity index (χ1) is 8.19. The fourth-order valence-corrected chi connectivity index (χ4v) is 3.30. The summed E-state index contributed by atoms with van der Waals surface area (Å²) in [4.78, 5) is 0. The molecule has 0 amide bonds. The molecule has 0 heterocycles. The second kappa shape index (κ2) is 5.87. The summed E-state index contributed by atoms with van der Waals surface area (Å²) >= 11 is 8.15. The largest absolute Gasteiger partial charge is 0.399 e. The third-order valence-corrected chi connectivity index (χ3v) is 4.81. The minimum Gasteiger partial charge on any atom is -0.399 e. The fraction of sp³-hybridized carbons (Fsp3) is 0.538. The number of nitrogens with one attached hydrogen (secondary N) is 1. The van der Waals surface area contributed by atoms with E-state index in [-0.39, 0.29) is 0 Å². The topological polar surface area (TPSA) is 38.0 Å². The summed E-state index contributed by atoms with van der Waals surface area (Å²) < 4.78 is 0. The molecule has 0 aliphatic heterocycles. The monoisotopic (exact) mass is 270 g/mol. The van der Waals surface area contributed by atoms with E-state index >= 15 is 0 Å². The van der Waals surface area contributed by atoms with Crippen LogP contribution in [0.5, 0.6) is 0 Å². The van der Waals surface area contributed by atoms with Gasteiger partial charge >= 0.3 is 0 Å². The molecule has 0 atom stereocenters. The van der Waals surface area contributed by atoms with Crippen molar-refractivity contribution in [2.75, 3.05) is 17.3 Å². The molecule has 1 aliphatic rings. The maximum atomic E-state index is 6.16. The first kappa shape index (κ1) is 12.9. The first-order valence-electron chi connectivity index (χ1n) is 6.03. The van der Waals surface area contributed by atoms with Crippen molar-refractivity contribution in [1.82, 2.24) is 0 Å². The van der Waals surface area contributed by atoms with Crippen molar-refractivity contribution in [3.8, 4) is 0 Å². The number of hydrogen-bond donors (Lipinski definition) is 2. The maximum Gasteiger partial charge on any atom is 0.0658 e. The van der Waals surface area contributed by atoms with Crippen molar-refractivity contribution in [2.24, 2.45) is 0 Å². The lowest BCUT2D eigenvalue weighted by molar-refractivity contribution is 0.473. The van der Waals surface area contributed by atoms with Crippen LogP contribution in [0.2, 0.25) is 5.02 Å². The highest BCUT2D eigenvalue weighted by Crippen LogP contribution is 2.31. The quantitative estimate of drug-likeness (QED) is 0.815. The van der Waals surface area contributed by atoms with Gasteiger partial charge < -0.3 is 11.1 Å². The van der Waals surface area contributed by atoms with Crippen molar-refractivity contribution < 1.29 is 0 Å². The Kier molecular flexibility index (Phi) is 4.46. The molecular formula is C13H19ClN2S. The number of nitrogen functional groups attached to an aromatic ring is 1. The Morgan fingerprint density at radius 3 is 2.59 bits per heavy atom. The average Bonchev–Trinajstić information content (AvgIpc) is 2.34. The average molecular weight is 271 g/mol. The number of benzene rings is 1. The van der Waals surface area contributed by atoms with E-state index in [0.717, 1.165) is 16.0 Å². The standard InChI is InChI=1S/C13H19ClN2S/c1-17-11-5-3-10(4-6-11)16-13-7-2-9(15)8-12(13)14/h2,7-8,10-11,16H,3-6,15H2,1H3. The maximum absolute atomic E-state index is 6.16. The molecule has 94 valence electrons. The Balaban J connectivity index is 1.93. The number of halogens is 1. The normalized spacial score (nSPS) is 24.6. The highest BCUT2D eigenvalue weighted by molar-refractivity contribution is 7.99. The van der Waals surface area contributed by atoms with Gasteiger partial charge in [-0.1, -0.05) is 11.6 Å². The van der Waals surface area contributed by atoms with Crippen LogP contribution in [-0.4, -0.2) is 17.5 Å². The molecule has 0 spiro atoms. The van der Waals surface area contributed by atoms with Crippen molar-refractivity contribution in [1.29, 1.82) is 0 Å².